The Balaban J connectivity index is 3.44. The van der Waals surface area contributed by atoms with Gasteiger partial charge in [0.05, 0.1) is 25.4 Å². The molecule has 2 unspecified atom stereocenters. The Kier molecular flexibility index (Phi) is 55.0. The summed E-state index contributed by atoms with van der Waals surface area (Å²) in [6, 6.07) is -0.553. The molecule has 3 N–H and O–H groups in total. The quantitative estimate of drug-likeness (QED) is 0.0321. The number of aliphatic hydroxyl groups excluding tert-OH is 2. The normalized spacial score (nSPS) is 12.6. The van der Waals surface area contributed by atoms with Crippen molar-refractivity contribution in [2.45, 2.75) is 347 Å². The van der Waals surface area contributed by atoms with Gasteiger partial charge < -0.3 is 20.3 Å². The van der Waals surface area contributed by atoms with Gasteiger partial charge in [-0.1, -0.05) is 283 Å². The minimum atomic E-state index is -0.674. The highest BCUT2D eigenvalue weighted by atomic mass is 16.5. The van der Waals surface area contributed by atoms with Crippen molar-refractivity contribution in [2.24, 2.45) is 0 Å². The highest BCUT2D eigenvalue weighted by Gasteiger charge is 2.20. The van der Waals surface area contributed by atoms with Crippen molar-refractivity contribution in [3.8, 4) is 0 Å². The molecule has 6 nitrogen and oxygen atoms in total. The molecule has 0 aliphatic rings. The van der Waals surface area contributed by atoms with Crippen LogP contribution in [0.3, 0.4) is 0 Å². The molecular weight excluding hydrogens is 815 g/mol. The zero-order chi connectivity index (χ0) is 47.9. The second-order valence-corrected chi connectivity index (χ2v) is 20.7. The summed E-state index contributed by atoms with van der Waals surface area (Å²) in [7, 11) is 0. The van der Waals surface area contributed by atoms with Crippen molar-refractivity contribution >= 4 is 11.9 Å². The van der Waals surface area contributed by atoms with Crippen LogP contribution in [-0.4, -0.2) is 47.4 Å². The summed E-state index contributed by atoms with van der Waals surface area (Å²) < 4.78 is 5.48. The Morgan fingerprint density at radius 2 is 0.712 bits per heavy atom. The number of allylic oxidation sites excluding steroid dienone is 2. The lowest BCUT2D eigenvalue weighted by molar-refractivity contribution is -0.143. The van der Waals surface area contributed by atoms with E-state index in [4.69, 9.17) is 4.74 Å². The van der Waals surface area contributed by atoms with Crippen molar-refractivity contribution in [1.29, 1.82) is 0 Å². The number of ether oxygens (including phenoxy) is 1. The van der Waals surface area contributed by atoms with E-state index >= 15 is 0 Å². The van der Waals surface area contributed by atoms with Gasteiger partial charge in [0.25, 0.3) is 0 Å². The van der Waals surface area contributed by atoms with E-state index < -0.39 is 12.1 Å². The number of hydrogen-bond donors (Lipinski definition) is 3. The van der Waals surface area contributed by atoms with E-state index in [9.17, 15) is 19.8 Å². The number of carbonyl (C=O) groups excluding carboxylic acids is 2. The minimum absolute atomic E-state index is 0.00186. The molecule has 0 aliphatic carbocycles. The summed E-state index contributed by atoms with van der Waals surface area (Å²) in [5.41, 5.74) is 0. The number of nitrogens with one attached hydrogen (secondary N) is 1. The van der Waals surface area contributed by atoms with Crippen molar-refractivity contribution in [1.82, 2.24) is 5.32 Å². The van der Waals surface area contributed by atoms with Gasteiger partial charge >= 0.3 is 5.97 Å². The number of carbonyl (C=O) groups is 2. The fourth-order valence-electron chi connectivity index (χ4n) is 9.46. The predicted molar refractivity (Wildman–Crippen MR) is 287 cm³/mol. The summed E-state index contributed by atoms with van der Waals surface area (Å²) in [4.78, 5) is 24.6. The van der Waals surface area contributed by atoms with Crippen LogP contribution in [0.25, 0.3) is 0 Å². The Hall–Kier alpha value is -1.40. The van der Waals surface area contributed by atoms with Gasteiger partial charge in [-0.05, 0) is 51.4 Å². The maximum absolute atomic E-state index is 12.5. The number of esters is 1. The molecule has 0 radical (unpaired) electrons. The van der Waals surface area contributed by atoms with Crippen LogP contribution in [0, 0.1) is 0 Å². The lowest BCUT2D eigenvalue weighted by Crippen LogP contribution is -2.45. The largest absolute Gasteiger partial charge is 0.466 e. The highest BCUT2D eigenvalue weighted by molar-refractivity contribution is 5.76. The van der Waals surface area contributed by atoms with E-state index in [1.165, 1.54) is 238 Å². The smallest absolute Gasteiger partial charge is 0.305 e. The molecule has 66 heavy (non-hydrogen) atoms. The average Bonchev–Trinajstić information content (AvgIpc) is 3.32. The molecule has 0 fully saturated rings. The molecule has 392 valence electrons. The van der Waals surface area contributed by atoms with E-state index in [2.05, 4.69) is 31.3 Å². The molecule has 1 amide bonds. The minimum Gasteiger partial charge on any atom is -0.466 e. The van der Waals surface area contributed by atoms with E-state index in [1.807, 2.05) is 0 Å². The topological polar surface area (TPSA) is 95.9 Å². The van der Waals surface area contributed by atoms with Gasteiger partial charge in [-0.2, -0.15) is 0 Å². The van der Waals surface area contributed by atoms with Gasteiger partial charge in [0, 0.05) is 12.8 Å². The van der Waals surface area contributed by atoms with Crippen LogP contribution < -0.4 is 5.32 Å². The SMILES string of the molecule is CCCCCCCCCCCCCCCCCCCC(=O)OCCCCCCCCC/C=C\CCCCCCCC(=O)NC(CO)C(O)CCCCCCCCCCCCCCCCCC. The molecule has 2 atom stereocenters. The maximum atomic E-state index is 12.5. The van der Waals surface area contributed by atoms with Crippen molar-refractivity contribution < 1.29 is 24.5 Å². The number of aliphatic hydroxyl groups is 2. The third-order valence-corrected chi connectivity index (χ3v) is 14.1. The molecule has 0 aliphatic heterocycles. The summed E-state index contributed by atoms with van der Waals surface area (Å²) in [6.45, 7) is 4.96. The summed E-state index contributed by atoms with van der Waals surface area (Å²) in [6.07, 6.45) is 66.3. The third kappa shape index (κ3) is 52.0. The molecule has 0 rings (SSSR count). The van der Waals surface area contributed by atoms with E-state index in [0.717, 1.165) is 64.2 Å². The lowest BCUT2D eigenvalue weighted by atomic mass is 10.0. The summed E-state index contributed by atoms with van der Waals surface area (Å²) in [5.74, 6) is -0.0476. The third-order valence-electron chi connectivity index (χ3n) is 14.1. The Bertz CT molecular complexity index is 986. The number of hydrogen-bond acceptors (Lipinski definition) is 5. The van der Waals surface area contributed by atoms with Crippen LogP contribution in [0.2, 0.25) is 0 Å². The van der Waals surface area contributed by atoms with Crippen LogP contribution in [0.4, 0.5) is 0 Å². The fourth-order valence-corrected chi connectivity index (χ4v) is 9.46. The molecule has 6 heteroatoms. The van der Waals surface area contributed by atoms with Crippen molar-refractivity contribution in [2.75, 3.05) is 13.2 Å². The van der Waals surface area contributed by atoms with Gasteiger partial charge in [0.15, 0.2) is 0 Å². The van der Waals surface area contributed by atoms with Gasteiger partial charge in [-0.15, -0.1) is 0 Å². The summed E-state index contributed by atoms with van der Waals surface area (Å²) >= 11 is 0. The van der Waals surface area contributed by atoms with E-state index in [-0.39, 0.29) is 18.5 Å². The first kappa shape index (κ1) is 64.6. The molecule has 0 aromatic carbocycles. The van der Waals surface area contributed by atoms with Crippen LogP contribution in [-0.2, 0) is 14.3 Å². The average molecular weight is 933 g/mol. The molecule has 0 spiro atoms. The first-order valence-corrected chi connectivity index (χ1v) is 29.9. The Morgan fingerprint density at radius 1 is 0.409 bits per heavy atom. The first-order valence-electron chi connectivity index (χ1n) is 29.9. The van der Waals surface area contributed by atoms with Crippen LogP contribution in [0.15, 0.2) is 12.2 Å². The first-order chi connectivity index (χ1) is 32.5. The molecular formula is C60H117NO5. The lowest BCUT2D eigenvalue weighted by Gasteiger charge is -2.22. The van der Waals surface area contributed by atoms with Gasteiger partial charge in [0.2, 0.25) is 5.91 Å². The second kappa shape index (κ2) is 56.2. The number of unbranched alkanes of at least 4 members (excludes halogenated alkanes) is 43. The van der Waals surface area contributed by atoms with Gasteiger partial charge in [0.1, 0.15) is 0 Å². The molecule has 0 bridgehead atoms. The molecule has 0 heterocycles. The zero-order valence-electron chi connectivity index (χ0n) is 44.7. The summed E-state index contributed by atoms with van der Waals surface area (Å²) in [5, 5.41) is 23.3. The Morgan fingerprint density at radius 3 is 1.08 bits per heavy atom. The van der Waals surface area contributed by atoms with Gasteiger partial charge in [-0.25, -0.2) is 0 Å². The van der Waals surface area contributed by atoms with Crippen LogP contribution >= 0.6 is 0 Å². The van der Waals surface area contributed by atoms with Crippen LogP contribution in [0.1, 0.15) is 335 Å². The van der Waals surface area contributed by atoms with Crippen molar-refractivity contribution in [3.05, 3.63) is 12.2 Å². The Labute approximate surface area is 412 Å². The van der Waals surface area contributed by atoms with E-state index in [1.54, 1.807) is 0 Å². The highest BCUT2D eigenvalue weighted by Crippen LogP contribution is 2.18. The number of amides is 1. The molecule has 0 saturated carbocycles. The van der Waals surface area contributed by atoms with Gasteiger partial charge in [-0.3, -0.25) is 9.59 Å². The number of rotatable bonds is 56. The zero-order valence-corrected chi connectivity index (χ0v) is 44.7. The molecule has 0 saturated heterocycles. The van der Waals surface area contributed by atoms with Crippen LogP contribution in [0.5, 0.6) is 0 Å². The van der Waals surface area contributed by atoms with E-state index in [0.29, 0.717) is 25.9 Å². The molecule has 0 aromatic heterocycles. The fraction of sp³-hybridized carbons (Fsp3) is 0.933. The maximum Gasteiger partial charge on any atom is 0.305 e. The monoisotopic (exact) mass is 932 g/mol. The van der Waals surface area contributed by atoms with Crippen molar-refractivity contribution in [3.63, 3.8) is 0 Å². The predicted octanol–water partition coefficient (Wildman–Crippen LogP) is 18.5. The second-order valence-electron chi connectivity index (χ2n) is 20.7. The standard InChI is InChI=1S/C60H117NO5/c1-3-5-7-9-11-13-15-17-19-21-26-30-34-38-42-46-50-54-60(65)66-55-51-47-43-39-35-31-27-23-22-25-29-33-37-41-45-49-53-59(64)61-57(56-62)58(63)52-48-44-40-36-32-28-24-20-18-16-14-12-10-8-6-4-2/h22,25,57-58,62-63H,3-21,23-24,26-56H2,1-2H3,(H,61,64)/b25-22-. The molecule has 0 aromatic rings.